The Hall–Kier alpha value is -3.06. The summed E-state index contributed by atoms with van der Waals surface area (Å²) < 4.78 is 5.19. The number of hydrogen-bond donors (Lipinski definition) is 3. The molecule has 0 spiro atoms. The van der Waals surface area contributed by atoms with E-state index in [-0.39, 0.29) is 17.6 Å². The van der Waals surface area contributed by atoms with Crippen molar-refractivity contribution in [1.82, 2.24) is 0 Å². The Balaban J connectivity index is 1.42. The van der Waals surface area contributed by atoms with Crippen molar-refractivity contribution in [3.8, 4) is 5.75 Å². The van der Waals surface area contributed by atoms with Crippen LogP contribution in [0.1, 0.15) is 30.1 Å². The number of quaternary nitrogens is 1. The fourth-order valence-corrected chi connectivity index (χ4v) is 3.44. The lowest BCUT2D eigenvalue weighted by Gasteiger charge is -2.33. The molecule has 0 aromatic heterocycles. The van der Waals surface area contributed by atoms with Gasteiger partial charge in [-0.3, -0.25) is 4.79 Å². The van der Waals surface area contributed by atoms with Gasteiger partial charge < -0.3 is 25.0 Å². The van der Waals surface area contributed by atoms with Gasteiger partial charge in [-0.05, 0) is 55.0 Å². The summed E-state index contributed by atoms with van der Waals surface area (Å²) in [4.78, 5) is 27.8. The van der Waals surface area contributed by atoms with Crippen LogP contribution in [0.2, 0.25) is 0 Å². The highest BCUT2D eigenvalue weighted by atomic mass is 16.5. The molecule has 0 radical (unpaired) electrons. The van der Waals surface area contributed by atoms with Crippen LogP contribution in [0, 0.1) is 0 Å². The third kappa shape index (κ3) is 6.22. The number of nitrogens with one attached hydrogen (secondary N) is 2. The van der Waals surface area contributed by atoms with Gasteiger partial charge in [0, 0.05) is 11.4 Å². The number of ether oxygens (including phenoxy) is 1. The van der Waals surface area contributed by atoms with Gasteiger partial charge in [0.25, 0.3) is 5.91 Å². The Kier molecular flexibility index (Phi) is 7.68. The van der Waals surface area contributed by atoms with Gasteiger partial charge >= 0.3 is 5.97 Å². The second-order valence-corrected chi connectivity index (χ2v) is 7.55. The summed E-state index contributed by atoms with van der Waals surface area (Å²) in [6.45, 7) is 6.35. The predicted molar refractivity (Wildman–Crippen MR) is 116 cm³/mol. The number of phenols is 1. The molecule has 0 atom stereocenters. The molecular formula is C23H30N3O4+. The highest BCUT2D eigenvalue weighted by Gasteiger charge is 2.22. The molecule has 0 unspecified atom stereocenters. The van der Waals surface area contributed by atoms with Gasteiger partial charge in [-0.25, -0.2) is 4.79 Å². The van der Waals surface area contributed by atoms with E-state index >= 15 is 0 Å². The number of phenolic OH excluding ortho intramolecular Hbond substituents is 1. The van der Waals surface area contributed by atoms with Crippen LogP contribution in [0.25, 0.3) is 0 Å². The molecule has 160 valence electrons. The summed E-state index contributed by atoms with van der Waals surface area (Å²) in [6, 6.07) is 14.0. The molecule has 1 heterocycles. The summed E-state index contributed by atoms with van der Waals surface area (Å²) in [5.74, 6) is -0.111. The Morgan fingerprint density at radius 1 is 1.07 bits per heavy atom. The smallest absolute Gasteiger partial charge is 0.338 e. The van der Waals surface area contributed by atoms with E-state index in [9.17, 15) is 14.7 Å². The minimum absolute atomic E-state index is 0.0404. The third-order valence-corrected chi connectivity index (χ3v) is 5.23. The molecule has 1 aliphatic heterocycles. The number of hydrogen-bond acceptors (Lipinski definition) is 5. The van der Waals surface area contributed by atoms with Crippen molar-refractivity contribution in [3.63, 3.8) is 0 Å². The fraction of sp³-hybridized carbons (Fsp3) is 0.391. The number of carbonyl (C=O) groups excluding carboxylic acids is 2. The largest absolute Gasteiger partial charge is 0.508 e. The molecule has 7 nitrogen and oxygen atoms in total. The number of benzene rings is 2. The average Bonchev–Trinajstić information content (AvgIpc) is 2.75. The molecule has 0 aliphatic carbocycles. The standard InChI is InChI=1S/C23H29N3O4/c1-2-3-16-30-23(29)18-4-6-19(7-5-18)24-22(28)17-25-12-14-26(15-13-25)20-8-10-21(27)11-9-20/h4-11,27H,2-3,12-17H2,1H3,(H,24,28)/p+1. The maximum atomic E-state index is 12.4. The molecule has 30 heavy (non-hydrogen) atoms. The van der Waals surface area contributed by atoms with Crippen LogP contribution in [-0.4, -0.2) is 56.3 Å². The first kappa shape index (κ1) is 21.6. The normalized spacial score (nSPS) is 14.4. The molecule has 0 saturated carbocycles. The number of rotatable bonds is 8. The summed E-state index contributed by atoms with van der Waals surface area (Å²) in [5, 5.41) is 12.3. The summed E-state index contributed by atoms with van der Waals surface area (Å²) >= 11 is 0. The van der Waals surface area contributed by atoms with Gasteiger partial charge in [-0.15, -0.1) is 0 Å². The monoisotopic (exact) mass is 412 g/mol. The molecule has 1 saturated heterocycles. The second kappa shape index (κ2) is 10.6. The summed E-state index contributed by atoms with van der Waals surface area (Å²) in [7, 11) is 0. The van der Waals surface area contributed by atoms with Crippen LogP contribution in [0.4, 0.5) is 11.4 Å². The molecule has 1 amide bonds. The van der Waals surface area contributed by atoms with Crippen LogP contribution in [-0.2, 0) is 9.53 Å². The lowest BCUT2D eigenvalue weighted by molar-refractivity contribution is -0.892. The maximum Gasteiger partial charge on any atom is 0.338 e. The Labute approximate surface area is 177 Å². The molecule has 0 bridgehead atoms. The van der Waals surface area contributed by atoms with Crippen molar-refractivity contribution in [2.24, 2.45) is 0 Å². The first-order chi connectivity index (χ1) is 14.5. The number of unbranched alkanes of at least 4 members (excludes halogenated alkanes) is 1. The first-order valence-electron chi connectivity index (χ1n) is 10.5. The second-order valence-electron chi connectivity index (χ2n) is 7.55. The zero-order valence-corrected chi connectivity index (χ0v) is 17.4. The van der Waals surface area contributed by atoms with Crippen LogP contribution < -0.4 is 15.1 Å². The lowest BCUT2D eigenvalue weighted by Crippen LogP contribution is -3.15. The van der Waals surface area contributed by atoms with Gasteiger partial charge in [0.05, 0.1) is 38.3 Å². The number of esters is 1. The maximum absolute atomic E-state index is 12.4. The van der Waals surface area contributed by atoms with E-state index in [0.717, 1.165) is 44.7 Å². The zero-order valence-electron chi connectivity index (χ0n) is 17.4. The molecule has 3 N–H and O–H groups in total. The molecule has 7 heteroatoms. The molecule has 1 fully saturated rings. The number of nitrogens with zero attached hydrogens (tertiary/aromatic N) is 1. The van der Waals surface area contributed by atoms with Crippen LogP contribution in [0.5, 0.6) is 5.75 Å². The van der Waals surface area contributed by atoms with E-state index in [1.807, 2.05) is 19.1 Å². The Morgan fingerprint density at radius 2 is 1.73 bits per heavy atom. The molecule has 3 rings (SSSR count). The fourth-order valence-electron chi connectivity index (χ4n) is 3.44. The number of aromatic hydroxyl groups is 1. The molecular weight excluding hydrogens is 382 g/mol. The minimum Gasteiger partial charge on any atom is -0.508 e. The Morgan fingerprint density at radius 3 is 2.37 bits per heavy atom. The number of amides is 1. The van der Waals surface area contributed by atoms with E-state index in [4.69, 9.17) is 4.74 Å². The van der Waals surface area contributed by atoms with E-state index in [2.05, 4.69) is 10.2 Å². The SMILES string of the molecule is CCCCOC(=O)c1ccc(NC(=O)C[NH+]2CCN(c3ccc(O)cc3)CC2)cc1. The van der Waals surface area contributed by atoms with Gasteiger partial charge in [0.15, 0.2) is 6.54 Å². The van der Waals surface area contributed by atoms with Crippen LogP contribution >= 0.6 is 0 Å². The van der Waals surface area contributed by atoms with Crippen molar-refractivity contribution in [2.75, 3.05) is 49.5 Å². The van der Waals surface area contributed by atoms with E-state index in [1.165, 1.54) is 4.90 Å². The van der Waals surface area contributed by atoms with Crippen LogP contribution in [0.3, 0.4) is 0 Å². The Bertz CT molecular complexity index is 829. The highest BCUT2D eigenvalue weighted by Crippen LogP contribution is 2.18. The number of anilines is 2. The zero-order chi connectivity index (χ0) is 21.3. The van der Waals surface area contributed by atoms with Gasteiger partial charge in [0.1, 0.15) is 5.75 Å². The highest BCUT2D eigenvalue weighted by molar-refractivity contribution is 5.93. The van der Waals surface area contributed by atoms with E-state index < -0.39 is 0 Å². The van der Waals surface area contributed by atoms with Crippen LogP contribution in [0.15, 0.2) is 48.5 Å². The van der Waals surface area contributed by atoms with Crippen molar-refractivity contribution < 1.29 is 24.3 Å². The predicted octanol–water partition coefficient (Wildman–Crippen LogP) is 1.69. The lowest BCUT2D eigenvalue weighted by atomic mass is 10.2. The van der Waals surface area contributed by atoms with Crippen molar-refractivity contribution in [3.05, 3.63) is 54.1 Å². The van der Waals surface area contributed by atoms with E-state index in [0.29, 0.717) is 24.4 Å². The van der Waals surface area contributed by atoms with Crippen molar-refractivity contribution in [2.45, 2.75) is 19.8 Å². The summed E-state index contributed by atoms with van der Waals surface area (Å²) in [5.41, 5.74) is 2.25. The average molecular weight is 413 g/mol. The quantitative estimate of drug-likeness (QED) is 0.454. The van der Waals surface area contributed by atoms with Gasteiger partial charge in [-0.1, -0.05) is 13.3 Å². The van der Waals surface area contributed by atoms with Gasteiger partial charge in [0.2, 0.25) is 0 Å². The molecule has 2 aromatic carbocycles. The van der Waals surface area contributed by atoms with Crippen molar-refractivity contribution >= 4 is 23.3 Å². The number of carbonyl (C=O) groups is 2. The molecule has 2 aromatic rings. The van der Waals surface area contributed by atoms with E-state index in [1.54, 1.807) is 36.4 Å². The first-order valence-corrected chi connectivity index (χ1v) is 10.5. The topological polar surface area (TPSA) is 83.3 Å². The summed E-state index contributed by atoms with van der Waals surface area (Å²) in [6.07, 6.45) is 1.83. The molecule has 1 aliphatic rings. The van der Waals surface area contributed by atoms with Gasteiger partial charge in [-0.2, -0.15) is 0 Å². The minimum atomic E-state index is -0.336. The van der Waals surface area contributed by atoms with Crippen molar-refractivity contribution in [1.29, 1.82) is 0 Å². The third-order valence-electron chi connectivity index (χ3n) is 5.23. The number of piperazine rings is 1.